The highest BCUT2D eigenvalue weighted by atomic mass is 16.5. The lowest BCUT2D eigenvalue weighted by atomic mass is 10.1. The van der Waals surface area contributed by atoms with Crippen molar-refractivity contribution in [3.8, 4) is 5.88 Å². The van der Waals surface area contributed by atoms with Crippen LogP contribution in [0.1, 0.15) is 25.5 Å². The molecule has 2 heterocycles. The lowest BCUT2D eigenvalue weighted by Gasteiger charge is -2.13. The third-order valence-corrected chi connectivity index (χ3v) is 3.73. The number of rotatable bonds is 7. The van der Waals surface area contributed by atoms with E-state index in [-0.39, 0.29) is 0 Å². The van der Waals surface area contributed by atoms with Gasteiger partial charge < -0.3 is 9.64 Å². The van der Waals surface area contributed by atoms with Gasteiger partial charge in [-0.2, -0.15) is 5.10 Å². The molecule has 5 heteroatoms. The zero-order valence-electron chi connectivity index (χ0n) is 15.4. The number of aromatic amines is 1. The molecule has 0 aliphatic rings. The predicted molar refractivity (Wildman–Crippen MR) is 103 cm³/mol. The molecular formula is C20H28N4O. The van der Waals surface area contributed by atoms with E-state index >= 15 is 0 Å². The predicted octanol–water partition coefficient (Wildman–Crippen LogP) is 3.93. The van der Waals surface area contributed by atoms with E-state index in [4.69, 9.17) is 9.72 Å². The summed E-state index contributed by atoms with van der Waals surface area (Å²) in [6, 6.07) is 12.3. The molecule has 0 saturated heterocycles. The number of benzene rings is 1. The molecule has 25 heavy (non-hydrogen) atoms. The Morgan fingerprint density at radius 2 is 2.00 bits per heavy atom. The highest BCUT2D eigenvalue weighted by Gasteiger charge is 2.07. The first-order valence-corrected chi connectivity index (χ1v) is 8.80. The lowest BCUT2D eigenvalue weighted by molar-refractivity contribution is 0.256. The first kappa shape index (κ1) is 18.9. The van der Waals surface area contributed by atoms with Gasteiger partial charge in [0.05, 0.1) is 0 Å². The molecule has 0 unspecified atom stereocenters. The van der Waals surface area contributed by atoms with Gasteiger partial charge in [-0.3, -0.25) is 5.10 Å². The summed E-state index contributed by atoms with van der Waals surface area (Å²) in [7, 11) is 4.10. The molecule has 0 fully saturated rings. The largest absolute Gasteiger partial charge is 0.476 e. The van der Waals surface area contributed by atoms with Crippen molar-refractivity contribution in [2.45, 2.75) is 26.2 Å². The van der Waals surface area contributed by atoms with Crippen molar-refractivity contribution in [2.75, 3.05) is 27.2 Å². The van der Waals surface area contributed by atoms with Crippen LogP contribution in [0, 0.1) is 0 Å². The van der Waals surface area contributed by atoms with Crippen LogP contribution in [0.2, 0.25) is 0 Å². The number of fused-ring (bicyclic) bond motifs is 1. The molecule has 0 bridgehead atoms. The quantitative estimate of drug-likeness (QED) is 0.708. The SMILES string of the molecule is CCCCc1cc2ccccc2c(OCCN(C)C)n1.c1cn[nH]c1. The summed E-state index contributed by atoms with van der Waals surface area (Å²) in [5.41, 5.74) is 1.13. The molecule has 0 saturated carbocycles. The van der Waals surface area contributed by atoms with Crippen molar-refractivity contribution < 1.29 is 4.74 Å². The number of aromatic nitrogens is 3. The monoisotopic (exact) mass is 340 g/mol. The number of H-pyrrole nitrogens is 1. The zero-order chi connectivity index (χ0) is 17.9. The molecule has 2 aromatic heterocycles. The number of unbranched alkanes of at least 4 members (excludes halogenated alkanes) is 1. The van der Waals surface area contributed by atoms with Crippen LogP contribution >= 0.6 is 0 Å². The number of ether oxygens (including phenoxy) is 1. The van der Waals surface area contributed by atoms with Gasteiger partial charge in [-0.1, -0.05) is 31.5 Å². The minimum atomic E-state index is 0.668. The molecule has 3 rings (SSSR count). The smallest absolute Gasteiger partial charge is 0.221 e. The molecule has 0 spiro atoms. The summed E-state index contributed by atoms with van der Waals surface area (Å²) in [4.78, 5) is 6.81. The molecule has 134 valence electrons. The van der Waals surface area contributed by atoms with Crippen molar-refractivity contribution in [1.82, 2.24) is 20.1 Å². The van der Waals surface area contributed by atoms with E-state index in [9.17, 15) is 0 Å². The maximum absolute atomic E-state index is 5.90. The lowest BCUT2D eigenvalue weighted by Crippen LogP contribution is -2.19. The molecule has 1 N–H and O–H groups in total. The van der Waals surface area contributed by atoms with Crippen LogP contribution in [0.5, 0.6) is 5.88 Å². The van der Waals surface area contributed by atoms with E-state index in [0.717, 1.165) is 29.9 Å². The Hall–Kier alpha value is -2.40. The molecule has 0 aliphatic heterocycles. The van der Waals surface area contributed by atoms with Crippen molar-refractivity contribution in [3.63, 3.8) is 0 Å². The van der Waals surface area contributed by atoms with E-state index in [1.54, 1.807) is 12.4 Å². The number of nitrogens with one attached hydrogen (secondary N) is 1. The third-order valence-electron chi connectivity index (χ3n) is 3.73. The second kappa shape index (κ2) is 10.5. The van der Waals surface area contributed by atoms with Crippen LogP contribution in [-0.4, -0.2) is 47.3 Å². The maximum atomic E-state index is 5.90. The summed E-state index contributed by atoms with van der Waals surface area (Å²) >= 11 is 0. The van der Waals surface area contributed by atoms with Crippen molar-refractivity contribution in [2.24, 2.45) is 0 Å². The molecule has 0 atom stereocenters. The number of aryl methyl sites for hydroxylation is 1. The van der Waals surface area contributed by atoms with Crippen LogP contribution in [0.25, 0.3) is 10.8 Å². The molecular weight excluding hydrogens is 312 g/mol. The number of hydrogen-bond acceptors (Lipinski definition) is 4. The Morgan fingerprint density at radius 3 is 2.64 bits per heavy atom. The summed E-state index contributed by atoms with van der Waals surface area (Å²) in [6.45, 7) is 3.77. The highest BCUT2D eigenvalue weighted by molar-refractivity contribution is 5.87. The van der Waals surface area contributed by atoms with E-state index in [2.05, 4.69) is 46.3 Å². The van der Waals surface area contributed by atoms with Gasteiger partial charge >= 0.3 is 0 Å². The number of hydrogen-bond donors (Lipinski definition) is 1. The van der Waals surface area contributed by atoms with Crippen molar-refractivity contribution in [1.29, 1.82) is 0 Å². The van der Waals surface area contributed by atoms with E-state index < -0.39 is 0 Å². The summed E-state index contributed by atoms with van der Waals surface area (Å²) in [5.74, 6) is 0.774. The summed E-state index contributed by atoms with van der Waals surface area (Å²) in [5, 5.41) is 8.53. The van der Waals surface area contributed by atoms with Crippen LogP contribution in [0.3, 0.4) is 0 Å². The Kier molecular flexibility index (Phi) is 7.92. The van der Waals surface area contributed by atoms with Crippen LogP contribution in [0.15, 0.2) is 48.8 Å². The minimum Gasteiger partial charge on any atom is -0.476 e. The fraction of sp³-hybridized carbons (Fsp3) is 0.400. The van der Waals surface area contributed by atoms with Gasteiger partial charge in [0.25, 0.3) is 0 Å². The van der Waals surface area contributed by atoms with Gasteiger partial charge in [-0.05, 0) is 50.5 Å². The van der Waals surface area contributed by atoms with Crippen LogP contribution < -0.4 is 4.74 Å². The van der Waals surface area contributed by atoms with Gasteiger partial charge in [0.15, 0.2) is 0 Å². The second-order valence-electron chi connectivity index (χ2n) is 6.16. The van der Waals surface area contributed by atoms with Gasteiger partial charge in [0, 0.05) is 30.0 Å². The Balaban J connectivity index is 0.000000386. The van der Waals surface area contributed by atoms with Gasteiger partial charge in [0.1, 0.15) is 6.61 Å². The van der Waals surface area contributed by atoms with Crippen molar-refractivity contribution >= 4 is 10.8 Å². The average molecular weight is 340 g/mol. The minimum absolute atomic E-state index is 0.668. The maximum Gasteiger partial charge on any atom is 0.221 e. The Morgan fingerprint density at radius 1 is 1.16 bits per heavy atom. The number of nitrogens with zero attached hydrogens (tertiary/aromatic N) is 3. The van der Waals surface area contributed by atoms with Gasteiger partial charge in [-0.25, -0.2) is 4.98 Å². The fourth-order valence-electron chi connectivity index (χ4n) is 2.36. The van der Waals surface area contributed by atoms with E-state index in [1.807, 2.05) is 26.2 Å². The molecule has 0 amide bonds. The highest BCUT2D eigenvalue weighted by Crippen LogP contribution is 2.25. The van der Waals surface area contributed by atoms with E-state index in [0.29, 0.717) is 6.61 Å². The normalized spacial score (nSPS) is 10.6. The molecule has 0 aliphatic carbocycles. The Labute approximate surface area is 150 Å². The molecule has 0 radical (unpaired) electrons. The average Bonchev–Trinajstić information content (AvgIpc) is 3.19. The first-order valence-electron chi connectivity index (χ1n) is 8.80. The molecule has 3 aromatic rings. The molecule has 5 nitrogen and oxygen atoms in total. The number of likely N-dealkylation sites (N-methyl/N-ethyl adjacent to an activating group) is 1. The summed E-state index contributed by atoms with van der Waals surface area (Å²) < 4.78 is 5.90. The van der Waals surface area contributed by atoms with Crippen molar-refractivity contribution in [3.05, 3.63) is 54.5 Å². The zero-order valence-corrected chi connectivity index (χ0v) is 15.4. The third kappa shape index (κ3) is 6.55. The molecule has 1 aromatic carbocycles. The fourth-order valence-corrected chi connectivity index (χ4v) is 2.36. The first-order chi connectivity index (χ1) is 12.2. The van der Waals surface area contributed by atoms with Gasteiger partial charge in [0.2, 0.25) is 5.88 Å². The van der Waals surface area contributed by atoms with Crippen LogP contribution in [-0.2, 0) is 6.42 Å². The number of pyridine rings is 1. The Bertz CT molecular complexity index is 708. The van der Waals surface area contributed by atoms with Gasteiger partial charge in [-0.15, -0.1) is 0 Å². The summed E-state index contributed by atoms with van der Waals surface area (Å²) in [6.07, 6.45) is 6.83. The van der Waals surface area contributed by atoms with Crippen LogP contribution in [0.4, 0.5) is 0 Å². The second-order valence-corrected chi connectivity index (χ2v) is 6.16. The van der Waals surface area contributed by atoms with E-state index in [1.165, 1.54) is 18.2 Å². The standard InChI is InChI=1S/C17H24N2O.C3H4N2/c1-4-5-9-15-13-14-8-6-7-10-16(14)17(18-15)20-12-11-19(2)3;1-2-4-5-3-1/h6-8,10,13H,4-5,9,11-12H2,1-3H3;1-3H,(H,4,5). The topological polar surface area (TPSA) is 54.0 Å².